The van der Waals surface area contributed by atoms with Gasteiger partial charge < -0.3 is 10.6 Å². The second-order valence-electron chi connectivity index (χ2n) is 10.4. The fourth-order valence-electron chi connectivity index (χ4n) is 4.65. The Bertz CT molecular complexity index is 1580. The van der Waals surface area contributed by atoms with E-state index < -0.39 is 0 Å². The molecule has 39 heavy (non-hydrogen) atoms. The van der Waals surface area contributed by atoms with Crippen LogP contribution in [0.5, 0.6) is 0 Å². The molecule has 0 saturated carbocycles. The number of hydrogen-bond donors (Lipinski definition) is 2. The molecule has 196 valence electrons. The Morgan fingerprint density at radius 1 is 0.846 bits per heavy atom. The van der Waals surface area contributed by atoms with Crippen molar-refractivity contribution in [2.24, 2.45) is 5.92 Å². The van der Waals surface area contributed by atoms with Crippen molar-refractivity contribution in [3.8, 4) is 11.3 Å². The predicted octanol–water partition coefficient (Wildman–Crippen LogP) is 8.58. The van der Waals surface area contributed by atoms with Crippen LogP contribution in [0, 0.1) is 12.8 Å². The Morgan fingerprint density at radius 3 is 2.36 bits per heavy atom. The van der Waals surface area contributed by atoms with Gasteiger partial charge in [-0.05, 0) is 73.2 Å². The van der Waals surface area contributed by atoms with Gasteiger partial charge in [0.15, 0.2) is 0 Å². The third-order valence-corrected chi connectivity index (χ3v) is 6.85. The zero-order valence-corrected chi connectivity index (χ0v) is 22.7. The van der Waals surface area contributed by atoms with E-state index in [0.29, 0.717) is 17.4 Å². The van der Waals surface area contributed by atoms with E-state index in [1.54, 1.807) is 0 Å². The van der Waals surface area contributed by atoms with Gasteiger partial charge in [-0.1, -0.05) is 80.9 Å². The van der Waals surface area contributed by atoms with Gasteiger partial charge in [0.2, 0.25) is 5.95 Å². The third kappa shape index (κ3) is 6.50. The second kappa shape index (κ2) is 11.9. The third-order valence-electron chi connectivity index (χ3n) is 6.85. The summed E-state index contributed by atoms with van der Waals surface area (Å²) >= 11 is 0. The van der Waals surface area contributed by atoms with Crippen LogP contribution in [0.1, 0.15) is 48.2 Å². The minimum atomic E-state index is -0.128. The van der Waals surface area contributed by atoms with E-state index >= 15 is 0 Å². The molecule has 0 spiro atoms. The fourth-order valence-corrected chi connectivity index (χ4v) is 4.65. The van der Waals surface area contributed by atoms with Crippen LogP contribution in [0.2, 0.25) is 0 Å². The summed E-state index contributed by atoms with van der Waals surface area (Å²) in [6.45, 7) is 6.52. The average Bonchev–Trinajstić information content (AvgIpc) is 2.95. The monoisotopic (exact) mass is 514 g/mol. The number of para-hydroxylation sites is 1. The maximum absolute atomic E-state index is 13.0. The Kier molecular flexibility index (Phi) is 7.97. The number of fused-ring (bicyclic) bond motifs is 1. The molecule has 4 aromatic carbocycles. The fraction of sp³-hybridized carbons (Fsp3) is 0.206. The molecule has 0 aliphatic carbocycles. The number of aromatic nitrogens is 2. The number of rotatable bonds is 9. The second-order valence-corrected chi connectivity index (χ2v) is 10.4. The molecule has 5 heteroatoms. The Balaban J connectivity index is 1.31. The Morgan fingerprint density at radius 2 is 1.59 bits per heavy atom. The van der Waals surface area contributed by atoms with Crippen LogP contribution in [0.15, 0.2) is 97.1 Å². The molecule has 5 nitrogen and oxygen atoms in total. The van der Waals surface area contributed by atoms with Crippen LogP contribution in [0.4, 0.5) is 17.3 Å². The number of aryl methyl sites for hydroxylation is 2. The predicted molar refractivity (Wildman–Crippen MR) is 162 cm³/mol. The average molecular weight is 515 g/mol. The minimum absolute atomic E-state index is 0.128. The molecule has 1 amide bonds. The molecule has 0 aliphatic rings. The summed E-state index contributed by atoms with van der Waals surface area (Å²) in [5.41, 5.74) is 7.35. The first kappa shape index (κ1) is 26.1. The first-order valence-electron chi connectivity index (χ1n) is 13.6. The van der Waals surface area contributed by atoms with Crippen molar-refractivity contribution in [2.45, 2.75) is 40.0 Å². The highest BCUT2D eigenvalue weighted by molar-refractivity contribution is 6.05. The zero-order valence-electron chi connectivity index (χ0n) is 22.7. The highest BCUT2D eigenvalue weighted by Crippen LogP contribution is 2.28. The number of anilines is 3. The van der Waals surface area contributed by atoms with E-state index in [4.69, 9.17) is 9.97 Å². The molecule has 0 atom stereocenters. The SMILES string of the molecule is Cc1ccc(CCCC(C)C)cc1NC(=O)c1ccc(Nc2nc(-c3ccccc3)c3ccccc3n2)cc1. The van der Waals surface area contributed by atoms with E-state index in [0.717, 1.165) is 51.9 Å². The number of hydrogen-bond acceptors (Lipinski definition) is 4. The number of nitrogens with zero attached hydrogens (tertiary/aromatic N) is 2. The highest BCUT2D eigenvalue weighted by atomic mass is 16.1. The smallest absolute Gasteiger partial charge is 0.255 e. The Labute approximate surface area is 230 Å². The summed E-state index contributed by atoms with van der Waals surface area (Å²) < 4.78 is 0. The lowest BCUT2D eigenvalue weighted by Gasteiger charge is -2.12. The molecule has 1 aromatic heterocycles. The molecular weight excluding hydrogens is 480 g/mol. The first-order valence-corrected chi connectivity index (χ1v) is 13.6. The lowest BCUT2D eigenvalue weighted by molar-refractivity contribution is 0.102. The molecule has 0 bridgehead atoms. The van der Waals surface area contributed by atoms with Gasteiger partial charge in [-0.2, -0.15) is 0 Å². The van der Waals surface area contributed by atoms with Crippen molar-refractivity contribution in [1.29, 1.82) is 0 Å². The Hall–Kier alpha value is -4.51. The maximum atomic E-state index is 13.0. The zero-order chi connectivity index (χ0) is 27.2. The van der Waals surface area contributed by atoms with Gasteiger partial charge in [0, 0.05) is 27.9 Å². The number of benzene rings is 4. The quantitative estimate of drug-likeness (QED) is 0.207. The molecule has 0 aliphatic heterocycles. The van der Waals surface area contributed by atoms with Gasteiger partial charge in [0.25, 0.3) is 5.91 Å². The molecule has 0 saturated heterocycles. The molecule has 0 fully saturated rings. The summed E-state index contributed by atoms with van der Waals surface area (Å²) in [6, 6.07) is 31.9. The molecule has 5 rings (SSSR count). The normalized spacial score (nSPS) is 11.1. The molecular formula is C34H34N4O. The van der Waals surface area contributed by atoms with Crippen LogP contribution in [0.3, 0.4) is 0 Å². The van der Waals surface area contributed by atoms with Gasteiger partial charge >= 0.3 is 0 Å². The summed E-state index contributed by atoms with van der Waals surface area (Å²) in [5.74, 6) is 1.08. The minimum Gasteiger partial charge on any atom is -0.324 e. The largest absolute Gasteiger partial charge is 0.324 e. The van der Waals surface area contributed by atoms with Crippen molar-refractivity contribution >= 4 is 34.1 Å². The number of amides is 1. The lowest BCUT2D eigenvalue weighted by atomic mass is 10.0. The van der Waals surface area contributed by atoms with Gasteiger partial charge in [0.1, 0.15) is 0 Å². The summed E-state index contributed by atoms with van der Waals surface area (Å²) in [5, 5.41) is 7.41. The standard InChI is InChI=1S/C34H34N4O/c1-23(2)10-9-11-25-17-16-24(3)31(22-25)36-33(39)27-18-20-28(21-19-27)35-34-37-30-15-8-7-14-29(30)32(38-34)26-12-5-4-6-13-26/h4-8,12-23H,9-11H2,1-3H3,(H,36,39)(H,35,37,38). The van der Waals surface area contributed by atoms with E-state index in [9.17, 15) is 4.79 Å². The summed E-state index contributed by atoms with van der Waals surface area (Å²) in [4.78, 5) is 22.6. The first-order chi connectivity index (χ1) is 19.0. The van der Waals surface area contributed by atoms with Crippen molar-refractivity contribution in [3.05, 3.63) is 114 Å². The number of nitrogens with one attached hydrogen (secondary N) is 2. The van der Waals surface area contributed by atoms with Gasteiger partial charge in [-0.25, -0.2) is 9.97 Å². The molecule has 5 aromatic rings. The van der Waals surface area contributed by atoms with Gasteiger partial charge in [0.05, 0.1) is 11.2 Å². The van der Waals surface area contributed by atoms with Crippen LogP contribution in [0.25, 0.3) is 22.2 Å². The van der Waals surface area contributed by atoms with Crippen molar-refractivity contribution in [2.75, 3.05) is 10.6 Å². The van der Waals surface area contributed by atoms with Crippen molar-refractivity contribution in [3.63, 3.8) is 0 Å². The van der Waals surface area contributed by atoms with Crippen molar-refractivity contribution in [1.82, 2.24) is 9.97 Å². The van der Waals surface area contributed by atoms with E-state index in [-0.39, 0.29) is 5.91 Å². The lowest BCUT2D eigenvalue weighted by Crippen LogP contribution is -2.13. The van der Waals surface area contributed by atoms with Gasteiger partial charge in [-0.3, -0.25) is 4.79 Å². The van der Waals surface area contributed by atoms with E-state index in [1.165, 1.54) is 12.0 Å². The van der Waals surface area contributed by atoms with Gasteiger partial charge in [-0.15, -0.1) is 0 Å². The van der Waals surface area contributed by atoms with Crippen LogP contribution in [-0.4, -0.2) is 15.9 Å². The number of carbonyl (C=O) groups excluding carboxylic acids is 1. The number of carbonyl (C=O) groups is 1. The van der Waals surface area contributed by atoms with Crippen molar-refractivity contribution < 1.29 is 4.79 Å². The molecule has 0 unspecified atom stereocenters. The molecule has 0 radical (unpaired) electrons. The summed E-state index contributed by atoms with van der Waals surface area (Å²) in [6.07, 6.45) is 3.37. The maximum Gasteiger partial charge on any atom is 0.255 e. The molecule has 1 heterocycles. The van der Waals surface area contributed by atoms with Crippen LogP contribution >= 0.6 is 0 Å². The van der Waals surface area contributed by atoms with E-state index in [1.807, 2.05) is 73.7 Å². The van der Waals surface area contributed by atoms with Crippen LogP contribution < -0.4 is 10.6 Å². The molecule has 2 N–H and O–H groups in total. The highest BCUT2D eigenvalue weighted by Gasteiger charge is 2.12. The van der Waals surface area contributed by atoms with Crippen LogP contribution in [-0.2, 0) is 6.42 Å². The topological polar surface area (TPSA) is 66.9 Å². The van der Waals surface area contributed by atoms with E-state index in [2.05, 4.69) is 54.8 Å². The summed E-state index contributed by atoms with van der Waals surface area (Å²) in [7, 11) is 0.